The van der Waals surface area contributed by atoms with Gasteiger partial charge in [-0.3, -0.25) is 4.98 Å². The predicted octanol–water partition coefficient (Wildman–Crippen LogP) is 1.95. The molecule has 2 aromatic carbocycles. The monoisotopic (exact) mass is 657 g/mol. The molecule has 18 heteroatoms. The van der Waals surface area contributed by atoms with E-state index in [0.29, 0.717) is 15.9 Å². The van der Waals surface area contributed by atoms with E-state index in [9.17, 15) is 24.8 Å². The fourth-order valence-corrected chi connectivity index (χ4v) is 4.23. The first-order valence-corrected chi connectivity index (χ1v) is 13.9. The van der Waals surface area contributed by atoms with E-state index < -0.39 is 47.6 Å². The van der Waals surface area contributed by atoms with Crippen LogP contribution < -0.4 is 31.3 Å². The number of aromatic nitrogens is 3. The number of hydrogen-bond donors (Lipinski definition) is 5. The van der Waals surface area contributed by atoms with Crippen LogP contribution in [0.4, 0.5) is 14.9 Å². The highest BCUT2D eigenvalue weighted by Crippen LogP contribution is 2.35. The van der Waals surface area contributed by atoms with E-state index in [2.05, 4.69) is 42.0 Å². The summed E-state index contributed by atoms with van der Waals surface area (Å²) in [6.45, 7) is 4.40. The Balaban J connectivity index is 1.81. The van der Waals surface area contributed by atoms with Crippen molar-refractivity contribution in [3.05, 3.63) is 74.9 Å². The topological polar surface area (TPSA) is 220 Å². The van der Waals surface area contributed by atoms with Gasteiger partial charge in [0.05, 0.1) is 32.5 Å². The fourth-order valence-electron chi connectivity index (χ4n) is 4.23. The summed E-state index contributed by atoms with van der Waals surface area (Å²) in [5.74, 6) is -2.97. The number of nitrogens with zero attached hydrogens (tertiary/aromatic N) is 3. The van der Waals surface area contributed by atoms with Crippen molar-refractivity contribution in [1.82, 2.24) is 25.6 Å². The Morgan fingerprint density at radius 3 is 2.66 bits per heavy atom. The summed E-state index contributed by atoms with van der Waals surface area (Å²) < 4.78 is 37.4. The van der Waals surface area contributed by atoms with Gasteiger partial charge in [-0.15, -0.1) is 5.10 Å². The van der Waals surface area contributed by atoms with E-state index in [1.807, 2.05) is 0 Å². The number of amides is 1. The SMILES string of the molecule is COC(=O)C1=C(n2nc(C(Nc3ccc(C#N)c(CNC(=O)OC(C)(C)C)c3)c3cc(OC)cc(OCCO)c3F)[nH]c2=O)NOO1. The van der Waals surface area contributed by atoms with Gasteiger partial charge in [-0.2, -0.15) is 9.94 Å². The molecule has 0 bridgehead atoms. The highest BCUT2D eigenvalue weighted by molar-refractivity contribution is 5.92. The van der Waals surface area contributed by atoms with Crippen LogP contribution in [0.1, 0.15) is 49.3 Å². The first-order chi connectivity index (χ1) is 22.4. The zero-order valence-electron chi connectivity index (χ0n) is 25.9. The number of carbonyl (C=O) groups excluding carboxylic acids is 2. The van der Waals surface area contributed by atoms with Gasteiger partial charge in [-0.1, -0.05) is 4.99 Å². The number of esters is 1. The molecule has 0 saturated carbocycles. The van der Waals surface area contributed by atoms with Crippen LogP contribution in [0.25, 0.3) is 5.82 Å². The average molecular weight is 658 g/mol. The molecule has 1 aliphatic rings. The second-order valence-electron chi connectivity index (χ2n) is 10.7. The van der Waals surface area contributed by atoms with Crippen molar-refractivity contribution >= 4 is 23.6 Å². The minimum Gasteiger partial charge on any atom is -0.497 e. The minimum absolute atomic E-state index is 0.0910. The van der Waals surface area contributed by atoms with Crippen molar-refractivity contribution in [2.45, 2.75) is 39.0 Å². The van der Waals surface area contributed by atoms with Gasteiger partial charge in [0.25, 0.3) is 5.76 Å². The molecular formula is C29H32FN7O10. The normalized spacial score (nSPS) is 13.1. The molecule has 1 aromatic heterocycles. The van der Waals surface area contributed by atoms with Crippen molar-refractivity contribution < 1.29 is 47.9 Å². The fraction of sp³-hybridized carbons (Fsp3) is 0.345. The predicted molar refractivity (Wildman–Crippen MR) is 159 cm³/mol. The standard InChI is InChI=1S/C29H32FN7O10/c1-29(2,3)45-28(41)32-14-16-10-17(7-6-15(16)13-31)33-22(19-11-18(42-4)12-20(21(19)30)44-9-8-38)24-34-27(40)37(35-24)25-23(26(39)43-5)46-47-36-25/h6-7,10-12,22,33,36,38H,8-9,14H2,1-5H3,(H,32,41)(H,34,35,40). The Hall–Kier alpha value is -5.80. The molecule has 0 spiro atoms. The molecule has 0 radical (unpaired) electrons. The second kappa shape index (κ2) is 14.5. The third kappa shape index (κ3) is 8.08. The molecule has 17 nitrogen and oxygen atoms in total. The number of hydrogen-bond acceptors (Lipinski definition) is 14. The van der Waals surface area contributed by atoms with E-state index in [1.54, 1.807) is 20.8 Å². The summed E-state index contributed by atoms with van der Waals surface area (Å²) >= 11 is 0. The largest absolute Gasteiger partial charge is 0.497 e. The molecule has 5 N–H and O–H groups in total. The molecule has 3 aromatic rings. The number of aromatic amines is 1. The lowest BCUT2D eigenvalue weighted by Gasteiger charge is -2.22. The summed E-state index contributed by atoms with van der Waals surface area (Å²) in [6, 6.07) is 7.92. The average Bonchev–Trinajstić information content (AvgIpc) is 3.67. The number of benzene rings is 2. The van der Waals surface area contributed by atoms with Crippen molar-refractivity contribution in [3.63, 3.8) is 0 Å². The summed E-state index contributed by atoms with van der Waals surface area (Å²) in [7, 11) is 2.44. The number of nitriles is 1. The number of hydroxylamine groups is 1. The van der Waals surface area contributed by atoms with Gasteiger partial charge in [0.2, 0.25) is 5.82 Å². The van der Waals surface area contributed by atoms with Crippen molar-refractivity contribution in [2.24, 2.45) is 0 Å². The van der Waals surface area contributed by atoms with Crippen LogP contribution in [-0.2, 0) is 30.7 Å². The first kappa shape index (κ1) is 34.1. The molecule has 1 atom stereocenters. The van der Waals surface area contributed by atoms with Crippen LogP contribution in [0.5, 0.6) is 11.5 Å². The molecule has 47 heavy (non-hydrogen) atoms. The van der Waals surface area contributed by atoms with Crippen LogP contribution in [0.3, 0.4) is 0 Å². The molecule has 2 heterocycles. The maximum Gasteiger partial charge on any atom is 0.407 e. The van der Waals surface area contributed by atoms with E-state index >= 15 is 4.39 Å². The molecular weight excluding hydrogens is 625 g/mol. The van der Waals surface area contributed by atoms with Gasteiger partial charge in [0, 0.05) is 23.9 Å². The third-order valence-electron chi connectivity index (χ3n) is 6.26. The van der Waals surface area contributed by atoms with Crippen LogP contribution in [-0.4, -0.2) is 65.0 Å². The first-order valence-electron chi connectivity index (χ1n) is 13.9. The number of aliphatic hydroxyl groups is 1. The number of methoxy groups -OCH3 is 2. The molecule has 4 rings (SSSR count). The maximum atomic E-state index is 16.1. The molecule has 1 unspecified atom stereocenters. The van der Waals surface area contributed by atoms with Crippen molar-refractivity contribution in [1.29, 1.82) is 5.26 Å². The van der Waals surface area contributed by atoms with Crippen molar-refractivity contribution in [3.8, 4) is 17.6 Å². The van der Waals surface area contributed by atoms with Gasteiger partial charge in [0.15, 0.2) is 17.4 Å². The molecule has 1 aliphatic heterocycles. The van der Waals surface area contributed by atoms with Crippen LogP contribution in [0.15, 0.2) is 40.9 Å². The lowest BCUT2D eigenvalue weighted by molar-refractivity contribution is -0.275. The zero-order chi connectivity index (χ0) is 34.3. The summed E-state index contributed by atoms with van der Waals surface area (Å²) in [5.41, 5.74) is 1.43. The number of halogens is 1. The second-order valence-corrected chi connectivity index (χ2v) is 10.7. The molecule has 0 aliphatic carbocycles. The number of carbonyl (C=O) groups is 2. The smallest absolute Gasteiger partial charge is 0.407 e. The number of alkyl carbamates (subject to hydrolysis) is 1. The van der Waals surface area contributed by atoms with E-state index in [4.69, 9.17) is 19.1 Å². The quantitative estimate of drug-likeness (QED) is 0.139. The van der Waals surface area contributed by atoms with Gasteiger partial charge >= 0.3 is 17.8 Å². The third-order valence-corrected chi connectivity index (χ3v) is 6.26. The number of aliphatic hydroxyl groups excluding tert-OH is 1. The Bertz CT molecular complexity index is 1770. The summed E-state index contributed by atoms with van der Waals surface area (Å²) in [4.78, 5) is 49.5. The molecule has 250 valence electrons. The number of rotatable bonds is 12. The van der Waals surface area contributed by atoms with E-state index in [0.717, 1.165) is 7.11 Å². The maximum absolute atomic E-state index is 16.1. The van der Waals surface area contributed by atoms with Crippen LogP contribution >= 0.6 is 0 Å². The van der Waals surface area contributed by atoms with Gasteiger partial charge in [-0.05, 0) is 50.6 Å². The molecule has 0 saturated heterocycles. The minimum atomic E-state index is -1.29. The highest BCUT2D eigenvalue weighted by atomic mass is 19.1. The Kier molecular flexibility index (Phi) is 10.5. The lowest BCUT2D eigenvalue weighted by Crippen LogP contribution is -2.32. The molecule has 1 amide bonds. The Labute approximate surface area is 266 Å². The van der Waals surface area contributed by atoms with Gasteiger partial charge in [-0.25, -0.2) is 24.3 Å². The Morgan fingerprint density at radius 2 is 2.00 bits per heavy atom. The lowest BCUT2D eigenvalue weighted by atomic mass is 10.0. The number of H-pyrrole nitrogens is 1. The number of nitrogens with one attached hydrogen (secondary N) is 4. The Morgan fingerprint density at radius 1 is 1.23 bits per heavy atom. The van der Waals surface area contributed by atoms with Crippen LogP contribution in [0.2, 0.25) is 0 Å². The summed E-state index contributed by atoms with van der Waals surface area (Å²) in [5, 5.41) is 28.9. The van der Waals surface area contributed by atoms with E-state index in [1.165, 1.54) is 37.4 Å². The van der Waals surface area contributed by atoms with Gasteiger partial charge in [0.1, 0.15) is 24.0 Å². The zero-order valence-corrected chi connectivity index (χ0v) is 25.9. The summed E-state index contributed by atoms with van der Waals surface area (Å²) in [6.07, 6.45) is -0.705. The number of anilines is 1. The van der Waals surface area contributed by atoms with Gasteiger partial charge < -0.3 is 39.6 Å². The number of ether oxygens (including phenoxy) is 4. The highest BCUT2D eigenvalue weighted by Gasteiger charge is 2.32. The van der Waals surface area contributed by atoms with Crippen LogP contribution in [0, 0.1) is 17.1 Å². The molecule has 0 fully saturated rings. The van der Waals surface area contributed by atoms with Crippen molar-refractivity contribution in [2.75, 3.05) is 32.8 Å². The van der Waals surface area contributed by atoms with E-state index in [-0.39, 0.29) is 47.4 Å².